The third-order valence-corrected chi connectivity index (χ3v) is 4.32. The van der Waals surface area contributed by atoms with Crippen molar-refractivity contribution in [2.75, 3.05) is 0 Å². The average Bonchev–Trinajstić information content (AvgIpc) is 2.58. The van der Waals surface area contributed by atoms with Crippen molar-refractivity contribution in [1.29, 1.82) is 0 Å². The standard InChI is InChI=1S/C12H13BrS/c1-3-8-5-10-9(4-2)7-14-12(10)6-11(8)13/h5-7H,3-4H2,1-2H3. The summed E-state index contributed by atoms with van der Waals surface area (Å²) in [5.74, 6) is 0. The number of rotatable bonds is 2. The van der Waals surface area contributed by atoms with E-state index in [1.54, 1.807) is 0 Å². The Kier molecular flexibility index (Phi) is 2.93. The maximum Gasteiger partial charge on any atom is 0.0356 e. The number of benzene rings is 1. The molecule has 0 fully saturated rings. The summed E-state index contributed by atoms with van der Waals surface area (Å²) >= 11 is 5.46. The maximum atomic E-state index is 3.62. The third kappa shape index (κ3) is 1.61. The second-order valence-electron chi connectivity index (χ2n) is 3.41. The molecule has 0 aliphatic heterocycles. The van der Waals surface area contributed by atoms with Crippen molar-refractivity contribution in [2.45, 2.75) is 26.7 Å². The summed E-state index contributed by atoms with van der Waals surface area (Å²) in [6, 6.07) is 4.58. The molecular formula is C12H13BrS. The highest BCUT2D eigenvalue weighted by Gasteiger charge is 2.06. The minimum atomic E-state index is 1.09. The highest BCUT2D eigenvalue weighted by molar-refractivity contribution is 9.10. The van der Waals surface area contributed by atoms with E-state index < -0.39 is 0 Å². The normalized spacial score (nSPS) is 11.1. The molecule has 0 aliphatic carbocycles. The second-order valence-corrected chi connectivity index (χ2v) is 5.17. The zero-order valence-corrected chi connectivity index (χ0v) is 10.8. The summed E-state index contributed by atoms with van der Waals surface area (Å²) in [5, 5.41) is 3.72. The van der Waals surface area contributed by atoms with E-state index in [1.807, 2.05) is 11.3 Å². The van der Waals surface area contributed by atoms with Crippen molar-refractivity contribution < 1.29 is 0 Å². The molecule has 0 amide bonds. The fraction of sp³-hybridized carbons (Fsp3) is 0.333. The van der Waals surface area contributed by atoms with Gasteiger partial charge in [-0.15, -0.1) is 11.3 Å². The number of fused-ring (bicyclic) bond motifs is 1. The van der Waals surface area contributed by atoms with E-state index in [0.29, 0.717) is 0 Å². The Bertz CT molecular complexity index is 457. The van der Waals surface area contributed by atoms with Gasteiger partial charge in [0.05, 0.1) is 0 Å². The Balaban J connectivity index is 2.70. The topological polar surface area (TPSA) is 0 Å². The molecule has 0 radical (unpaired) electrons. The van der Waals surface area contributed by atoms with Crippen LogP contribution >= 0.6 is 27.3 Å². The number of thiophene rings is 1. The first-order chi connectivity index (χ1) is 6.76. The Labute approximate surface area is 97.1 Å². The van der Waals surface area contributed by atoms with Gasteiger partial charge in [0.1, 0.15) is 0 Å². The summed E-state index contributed by atoms with van der Waals surface area (Å²) in [7, 11) is 0. The fourth-order valence-corrected chi connectivity index (χ4v) is 3.53. The Morgan fingerprint density at radius 3 is 2.50 bits per heavy atom. The van der Waals surface area contributed by atoms with Crippen LogP contribution in [0.5, 0.6) is 0 Å². The largest absolute Gasteiger partial charge is 0.143 e. The van der Waals surface area contributed by atoms with Crippen molar-refractivity contribution in [1.82, 2.24) is 0 Å². The van der Waals surface area contributed by atoms with Gasteiger partial charge in [-0.3, -0.25) is 0 Å². The molecule has 0 bridgehead atoms. The van der Waals surface area contributed by atoms with Gasteiger partial charge in [-0.2, -0.15) is 0 Å². The minimum Gasteiger partial charge on any atom is -0.143 e. The molecule has 1 aromatic carbocycles. The van der Waals surface area contributed by atoms with E-state index in [0.717, 1.165) is 12.8 Å². The number of halogens is 1. The van der Waals surface area contributed by atoms with Crippen molar-refractivity contribution in [3.8, 4) is 0 Å². The summed E-state index contributed by atoms with van der Waals surface area (Å²) in [6.45, 7) is 4.42. The summed E-state index contributed by atoms with van der Waals surface area (Å²) in [5.41, 5.74) is 2.89. The van der Waals surface area contributed by atoms with Crippen LogP contribution in [-0.4, -0.2) is 0 Å². The highest BCUT2D eigenvalue weighted by Crippen LogP contribution is 2.31. The lowest BCUT2D eigenvalue weighted by molar-refractivity contribution is 1.13. The van der Waals surface area contributed by atoms with Crippen LogP contribution in [-0.2, 0) is 12.8 Å². The molecular weight excluding hydrogens is 256 g/mol. The number of hydrogen-bond donors (Lipinski definition) is 0. The van der Waals surface area contributed by atoms with Gasteiger partial charge in [0.2, 0.25) is 0 Å². The zero-order chi connectivity index (χ0) is 10.1. The molecule has 0 spiro atoms. The van der Waals surface area contributed by atoms with Gasteiger partial charge in [0, 0.05) is 9.17 Å². The smallest absolute Gasteiger partial charge is 0.0356 e. The summed E-state index contributed by atoms with van der Waals surface area (Å²) in [4.78, 5) is 0. The molecule has 0 saturated carbocycles. The number of aryl methyl sites for hydroxylation is 2. The van der Waals surface area contributed by atoms with Gasteiger partial charge in [-0.05, 0) is 46.9 Å². The SMILES string of the molecule is CCc1cc2c(CC)csc2cc1Br. The Morgan fingerprint density at radius 1 is 1.14 bits per heavy atom. The molecule has 1 aromatic heterocycles. The lowest BCUT2D eigenvalue weighted by atomic mass is 10.1. The molecule has 2 aromatic rings. The van der Waals surface area contributed by atoms with E-state index in [4.69, 9.17) is 0 Å². The first kappa shape index (κ1) is 10.2. The van der Waals surface area contributed by atoms with E-state index in [9.17, 15) is 0 Å². The summed E-state index contributed by atoms with van der Waals surface area (Å²) in [6.07, 6.45) is 2.22. The minimum absolute atomic E-state index is 1.09. The molecule has 1 heterocycles. The lowest BCUT2D eigenvalue weighted by Gasteiger charge is -2.02. The van der Waals surface area contributed by atoms with E-state index in [2.05, 4.69) is 47.3 Å². The van der Waals surface area contributed by atoms with Crippen LogP contribution in [0.3, 0.4) is 0 Å². The monoisotopic (exact) mass is 268 g/mol. The highest BCUT2D eigenvalue weighted by atomic mass is 79.9. The van der Waals surface area contributed by atoms with Crippen LogP contribution in [0.4, 0.5) is 0 Å². The molecule has 0 saturated heterocycles. The molecule has 0 unspecified atom stereocenters. The van der Waals surface area contributed by atoms with Crippen LogP contribution in [0.25, 0.3) is 10.1 Å². The maximum absolute atomic E-state index is 3.62. The molecule has 74 valence electrons. The number of hydrogen-bond acceptors (Lipinski definition) is 1. The van der Waals surface area contributed by atoms with Gasteiger partial charge in [0.25, 0.3) is 0 Å². The van der Waals surface area contributed by atoms with Crippen molar-refractivity contribution in [3.63, 3.8) is 0 Å². The van der Waals surface area contributed by atoms with Gasteiger partial charge in [0.15, 0.2) is 0 Å². The zero-order valence-electron chi connectivity index (χ0n) is 8.43. The molecule has 0 N–H and O–H groups in total. The van der Waals surface area contributed by atoms with Gasteiger partial charge in [-0.25, -0.2) is 0 Å². The molecule has 0 nitrogen and oxygen atoms in total. The average molecular weight is 269 g/mol. The van der Waals surface area contributed by atoms with Crippen LogP contribution < -0.4 is 0 Å². The van der Waals surface area contributed by atoms with Crippen molar-refractivity contribution in [2.24, 2.45) is 0 Å². The molecule has 0 aliphatic rings. The van der Waals surface area contributed by atoms with Crippen molar-refractivity contribution in [3.05, 3.63) is 33.1 Å². The first-order valence-corrected chi connectivity index (χ1v) is 6.62. The van der Waals surface area contributed by atoms with E-state index in [-0.39, 0.29) is 0 Å². The third-order valence-electron chi connectivity index (χ3n) is 2.58. The summed E-state index contributed by atoms with van der Waals surface area (Å²) < 4.78 is 2.64. The molecule has 2 rings (SSSR count). The van der Waals surface area contributed by atoms with E-state index >= 15 is 0 Å². The van der Waals surface area contributed by atoms with Crippen LogP contribution in [0, 0.1) is 0 Å². The lowest BCUT2D eigenvalue weighted by Crippen LogP contribution is -1.83. The predicted octanol–water partition coefficient (Wildman–Crippen LogP) is 4.79. The second kappa shape index (κ2) is 4.03. The van der Waals surface area contributed by atoms with Crippen LogP contribution in [0.15, 0.2) is 22.0 Å². The van der Waals surface area contributed by atoms with E-state index in [1.165, 1.54) is 25.7 Å². The van der Waals surface area contributed by atoms with Crippen LogP contribution in [0.1, 0.15) is 25.0 Å². The molecule has 14 heavy (non-hydrogen) atoms. The van der Waals surface area contributed by atoms with Gasteiger partial charge in [-0.1, -0.05) is 29.8 Å². The van der Waals surface area contributed by atoms with Crippen molar-refractivity contribution >= 4 is 37.4 Å². The molecule has 0 atom stereocenters. The Morgan fingerprint density at radius 2 is 1.86 bits per heavy atom. The Hall–Kier alpha value is -0.340. The van der Waals surface area contributed by atoms with Crippen LogP contribution in [0.2, 0.25) is 0 Å². The quantitative estimate of drug-likeness (QED) is 0.735. The van der Waals surface area contributed by atoms with Gasteiger partial charge >= 0.3 is 0 Å². The predicted molar refractivity (Wildman–Crippen MR) is 68.3 cm³/mol. The van der Waals surface area contributed by atoms with Gasteiger partial charge < -0.3 is 0 Å². The first-order valence-electron chi connectivity index (χ1n) is 4.94. The molecule has 2 heteroatoms. The fourth-order valence-electron chi connectivity index (χ4n) is 1.69.